The van der Waals surface area contributed by atoms with Crippen LogP contribution < -0.4 is 5.09 Å². The van der Waals surface area contributed by atoms with Crippen LogP contribution in [0.4, 0.5) is 0 Å². The highest BCUT2D eigenvalue weighted by atomic mass is 35.5. The van der Waals surface area contributed by atoms with Crippen molar-refractivity contribution in [3.63, 3.8) is 0 Å². The molecule has 3 rings (SSSR count). The first kappa shape index (κ1) is 25.8. The fourth-order valence-corrected chi connectivity index (χ4v) is 10.8. The Kier molecular flexibility index (Phi) is 8.50. The first-order chi connectivity index (χ1) is 14.6. The second-order valence-corrected chi connectivity index (χ2v) is 14.8. The zero-order valence-electron chi connectivity index (χ0n) is 18.8. The van der Waals surface area contributed by atoms with Gasteiger partial charge in [0.2, 0.25) is 0 Å². The van der Waals surface area contributed by atoms with E-state index in [4.69, 9.17) is 41.5 Å². The minimum absolute atomic E-state index is 0.313. The monoisotopic (exact) mass is 509 g/mol. The van der Waals surface area contributed by atoms with Crippen molar-refractivity contribution in [3.05, 3.63) is 34.9 Å². The molecule has 1 aliphatic carbocycles. The molecule has 1 saturated heterocycles. The Bertz CT molecular complexity index is 835. The lowest BCUT2D eigenvalue weighted by Crippen LogP contribution is -2.49. The minimum Gasteiger partial charge on any atom is -0.318 e. The molecule has 176 valence electrons. The van der Waals surface area contributed by atoms with Gasteiger partial charge in [0, 0.05) is 10.4 Å². The summed E-state index contributed by atoms with van der Waals surface area (Å²) in [6.45, 7) is 6.14. The van der Waals surface area contributed by atoms with E-state index in [1.54, 1.807) is 0 Å². The average molecular weight is 510 g/mol. The zero-order chi connectivity index (χ0) is 22.8. The standard InChI is InChI=1S/C21H34ClNO5P2S/c1-5-25-30(31,26-6-2)23-21(14-8-7-9-15-21)29(24)27-16-20(3,4)19(28-29)17-10-12-18(22)13-11-17/h10-13,19H,5-9,14-16H2,1-4H3,(H,23,31)/t19-,29?/m0/s1. The van der Waals surface area contributed by atoms with Crippen molar-refractivity contribution < 1.29 is 22.7 Å². The third-order valence-electron chi connectivity index (χ3n) is 5.88. The van der Waals surface area contributed by atoms with Gasteiger partial charge in [-0.25, -0.2) is 5.09 Å². The van der Waals surface area contributed by atoms with Gasteiger partial charge >= 0.3 is 7.60 Å². The molecule has 31 heavy (non-hydrogen) atoms. The van der Waals surface area contributed by atoms with Crippen LogP contribution in [0.3, 0.4) is 0 Å². The second-order valence-electron chi connectivity index (χ2n) is 8.83. The fourth-order valence-electron chi connectivity index (χ4n) is 4.29. The average Bonchev–Trinajstić information content (AvgIpc) is 2.71. The van der Waals surface area contributed by atoms with Crippen LogP contribution in [0.5, 0.6) is 0 Å². The third kappa shape index (κ3) is 5.65. The molecule has 0 radical (unpaired) electrons. The molecule has 2 fully saturated rings. The molecule has 0 amide bonds. The molecule has 1 aromatic rings. The maximum Gasteiger partial charge on any atom is 0.351 e. The van der Waals surface area contributed by atoms with Gasteiger partial charge in [0.15, 0.2) is 0 Å². The highest BCUT2D eigenvalue weighted by Gasteiger charge is 2.59. The Balaban J connectivity index is 1.99. The molecular weight excluding hydrogens is 476 g/mol. The molecule has 1 saturated carbocycles. The lowest BCUT2D eigenvalue weighted by atomic mass is 9.83. The van der Waals surface area contributed by atoms with Crippen LogP contribution in [-0.4, -0.2) is 25.1 Å². The van der Waals surface area contributed by atoms with Crippen molar-refractivity contribution >= 4 is 37.6 Å². The number of benzene rings is 1. The molecule has 10 heteroatoms. The summed E-state index contributed by atoms with van der Waals surface area (Å²) < 4.78 is 38.7. The van der Waals surface area contributed by atoms with E-state index in [1.165, 1.54) is 0 Å². The van der Waals surface area contributed by atoms with Gasteiger partial charge in [0.1, 0.15) is 5.28 Å². The number of hydrogen-bond acceptors (Lipinski definition) is 6. The molecule has 1 unspecified atom stereocenters. The maximum atomic E-state index is 14.5. The predicted octanol–water partition coefficient (Wildman–Crippen LogP) is 7.19. The van der Waals surface area contributed by atoms with E-state index in [9.17, 15) is 4.57 Å². The molecule has 0 bridgehead atoms. The number of rotatable bonds is 8. The van der Waals surface area contributed by atoms with Gasteiger partial charge in [-0.3, -0.25) is 9.09 Å². The third-order valence-corrected chi connectivity index (χ3v) is 11.7. The smallest absolute Gasteiger partial charge is 0.318 e. The maximum absolute atomic E-state index is 14.5. The first-order valence-corrected chi connectivity index (χ1v) is 15.5. The van der Waals surface area contributed by atoms with Gasteiger partial charge in [-0.15, -0.1) is 0 Å². The van der Waals surface area contributed by atoms with E-state index in [0.717, 1.165) is 24.8 Å². The lowest BCUT2D eigenvalue weighted by Gasteiger charge is -2.50. The predicted molar refractivity (Wildman–Crippen MR) is 129 cm³/mol. The minimum atomic E-state index is -3.62. The molecule has 1 heterocycles. The van der Waals surface area contributed by atoms with E-state index < -0.39 is 25.6 Å². The summed E-state index contributed by atoms with van der Waals surface area (Å²) >= 11 is 11.9. The summed E-state index contributed by atoms with van der Waals surface area (Å²) in [4.78, 5) is 0. The fraction of sp³-hybridized carbons (Fsp3) is 0.714. The Hall–Kier alpha value is 0.190. The molecule has 2 aliphatic rings. The first-order valence-electron chi connectivity index (χ1n) is 11.0. The van der Waals surface area contributed by atoms with E-state index in [2.05, 4.69) is 18.9 Å². The molecule has 0 spiro atoms. The Labute approximate surface area is 196 Å². The molecule has 2 atom stereocenters. The van der Waals surface area contributed by atoms with Gasteiger partial charge in [-0.05, 0) is 56.2 Å². The van der Waals surface area contributed by atoms with Crippen LogP contribution >= 0.6 is 25.8 Å². The van der Waals surface area contributed by atoms with Crippen LogP contribution in [0.15, 0.2) is 24.3 Å². The zero-order valence-corrected chi connectivity index (χ0v) is 22.1. The van der Waals surface area contributed by atoms with Gasteiger partial charge in [0.25, 0.3) is 6.64 Å². The molecule has 0 aromatic heterocycles. The number of hydrogen-bond donors (Lipinski definition) is 1. The van der Waals surface area contributed by atoms with E-state index in [1.807, 2.05) is 38.1 Å². The summed E-state index contributed by atoms with van der Waals surface area (Å²) in [5.41, 5.74) is 0.565. The molecule has 1 N–H and O–H groups in total. The van der Waals surface area contributed by atoms with Gasteiger partial charge < -0.3 is 13.6 Å². The topological polar surface area (TPSA) is 66.0 Å². The van der Waals surface area contributed by atoms with Crippen LogP contribution in [-0.2, 0) is 34.5 Å². The molecule has 1 aliphatic heterocycles. The molecule has 6 nitrogen and oxygen atoms in total. The van der Waals surface area contributed by atoms with Crippen LogP contribution in [0.2, 0.25) is 5.02 Å². The Morgan fingerprint density at radius 2 is 1.74 bits per heavy atom. The number of halogens is 1. The summed E-state index contributed by atoms with van der Waals surface area (Å²) in [6.07, 6.45) is 3.76. The second kappa shape index (κ2) is 10.2. The van der Waals surface area contributed by atoms with Crippen molar-refractivity contribution in [3.8, 4) is 0 Å². The van der Waals surface area contributed by atoms with Crippen molar-refractivity contribution in [2.45, 2.75) is 71.2 Å². The Morgan fingerprint density at radius 1 is 1.16 bits per heavy atom. The van der Waals surface area contributed by atoms with E-state index in [-0.39, 0.29) is 5.41 Å². The van der Waals surface area contributed by atoms with Crippen molar-refractivity contribution in [1.82, 2.24) is 5.09 Å². The van der Waals surface area contributed by atoms with Crippen molar-refractivity contribution in [1.29, 1.82) is 0 Å². The van der Waals surface area contributed by atoms with E-state index >= 15 is 0 Å². The van der Waals surface area contributed by atoms with Crippen LogP contribution in [0.1, 0.15) is 71.5 Å². The SMILES string of the molecule is CCOP(=S)(NC1(P2(=O)OCC(C)(C)[C@H](c3ccc(Cl)cc3)O2)CCCCC1)OCC. The lowest BCUT2D eigenvalue weighted by molar-refractivity contribution is -0.0367. The van der Waals surface area contributed by atoms with Crippen LogP contribution in [0, 0.1) is 5.41 Å². The Morgan fingerprint density at radius 3 is 2.29 bits per heavy atom. The van der Waals surface area contributed by atoms with E-state index in [0.29, 0.717) is 37.7 Å². The highest BCUT2D eigenvalue weighted by Crippen LogP contribution is 2.72. The quantitative estimate of drug-likeness (QED) is 0.372. The summed E-state index contributed by atoms with van der Waals surface area (Å²) in [5, 5.41) is 3.14. The normalized spacial score (nSPS) is 28.4. The van der Waals surface area contributed by atoms with Gasteiger partial charge in [0.05, 0.1) is 25.9 Å². The van der Waals surface area contributed by atoms with Crippen molar-refractivity contribution in [2.24, 2.45) is 5.41 Å². The molecular formula is C21H34ClNO5P2S. The highest BCUT2D eigenvalue weighted by molar-refractivity contribution is 8.09. The largest absolute Gasteiger partial charge is 0.351 e. The summed E-state index contributed by atoms with van der Waals surface area (Å²) in [5.74, 6) is 0. The number of nitrogens with one attached hydrogen (secondary N) is 1. The van der Waals surface area contributed by atoms with Gasteiger partial charge in [-0.1, -0.05) is 56.8 Å². The van der Waals surface area contributed by atoms with Gasteiger partial charge in [-0.2, -0.15) is 0 Å². The summed E-state index contributed by atoms with van der Waals surface area (Å²) in [6, 6.07) is 7.51. The molecule has 1 aromatic carbocycles. The summed E-state index contributed by atoms with van der Waals surface area (Å²) in [7, 11) is -3.62. The van der Waals surface area contributed by atoms with Crippen LogP contribution in [0.25, 0.3) is 0 Å². The van der Waals surface area contributed by atoms with Crippen molar-refractivity contribution in [2.75, 3.05) is 19.8 Å².